The minimum Gasteiger partial charge on any atom is -0.391 e. The second-order valence-corrected chi connectivity index (χ2v) is 4.37. The van der Waals surface area contributed by atoms with Crippen molar-refractivity contribution in [3.63, 3.8) is 0 Å². The second-order valence-electron chi connectivity index (χ2n) is 4.37. The van der Waals surface area contributed by atoms with Crippen LogP contribution in [-0.2, 0) is 10.5 Å². The van der Waals surface area contributed by atoms with Crippen LogP contribution in [0.15, 0.2) is 12.7 Å². The van der Waals surface area contributed by atoms with Gasteiger partial charge in [0.25, 0.3) is 0 Å². The highest BCUT2D eigenvalue weighted by Crippen LogP contribution is 2.33. The van der Waals surface area contributed by atoms with Crippen LogP contribution >= 0.6 is 0 Å². The number of hydrogen-bond donors (Lipinski definition) is 4. The molecule has 9 nitrogen and oxygen atoms in total. The molecule has 102 valence electrons. The smallest absolute Gasteiger partial charge is 0.199 e. The topological polar surface area (TPSA) is 140 Å². The predicted molar refractivity (Wildman–Crippen MR) is 62.8 cm³/mol. The summed E-state index contributed by atoms with van der Waals surface area (Å²) in [5.74, 6) is 0.185. The number of hydrogen-bond acceptors (Lipinski definition) is 8. The van der Waals surface area contributed by atoms with Gasteiger partial charge >= 0.3 is 0 Å². The van der Waals surface area contributed by atoms with Gasteiger partial charge in [-0.05, 0) is 0 Å². The fourth-order valence-electron chi connectivity index (χ4n) is 2.26. The minimum atomic E-state index is -1.52. The van der Waals surface area contributed by atoms with Crippen molar-refractivity contribution in [1.29, 1.82) is 0 Å². The van der Waals surface area contributed by atoms with Gasteiger partial charge in [0.05, 0.1) is 19.5 Å². The zero-order chi connectivity index (χ0) is 13.6. The monoisotopic (exact) mass is 267 g/mol. The summed E-state index contributed by atoms with van der Waals surface area (Å²) in [5.41, 5.74) is 4.81. The molecule has 0 amide bonds. The van der Waals surface area contributed by atoms with E-state index in [4.69, 9.17) is 10.5 Å². The highest BCUT2D eigenvalue weighted by molar-refractivity contribution is 5.81. The minimum absolute atomic E-state index is 0.0953. The Bertz CT molecular complexity index is 617. The molecule has 0 bridgehead atoms. The number of imidazole rings is 1. The molecule has 19 heavy (non-hydrogen) atoms. The Hall–Kier alpha value is -1.81. The first kappa shape index (κ1) is 12.2. The maximum absolute atomic E-state index is 10.1. The van der Waals surface area contributed by atoms with E-state index >= 15 is 0 Å². The van der Waals surface area contributed by atoms with Crippen LogP contribution in [0, 0.1) is 0 Å². The molecule has 0 aromatic carbocycles. The zero-order valence-corrected chi connectivity index (χ0v) is 9.84. The Labute approximate surface area is 107 Å². The number of fused-ring (bicyclic) bond motifs is 1. The third-order valence-corrected chi connectivity index (χ3v) is 3.33. The number of aliphatic hydroxyl groups excluding tert-OH is 3. The van der Waals surface area contributed by atoms with Crippen molar-refractivity contribution in [3.05, 3.63) is 12.7 Å². The first-order valence-electron chi connectivity index (χ1n) is 5.65. The van der Waals surface area contributed by atoms with Crippen molar-refractivity contribution in [1.82, 2.24) is 19.5 Å². The average molecular weight is 267 g/mol. The van der Waals surface area contributed by atoms with E-state index in [1.165, 1.54) is 17.2 Å². The number of ether oxygens (including phenoxy) is 1. The number of aromatic nitrogens is 4. The van der Waals surface area contributed by atoms with Gasteiger partial charge in [0, 0.05) is 0 Å². The molecule has 1 aliphatic rings. The quantitative estimate of drug-likeness (QED) is 0.481. The average Bonchev–Trinajstić information content (AvgIpc) is 2.96. The molecule has 3 atom stereocenters. The molecule has 0 unspecified atom stereocenters. The van der Waals surface area contributed by atoms with E-state index in [9.17, 15) is 15.3 Å². The Balaban J connectivity index is 2.20. The molecule has 2 aromatic rings. The standard InChI is InChI=1S/C10H13N5O4/c11-8-6-9(13-3-12-8)15(4-14-6)10(2-16)7(18)5(17)1-19-10/h3-5,7,16-18H,1-2H2,(H2,11,12,13)/t5-,7+,10-/m0/s1. The fourth-order valence-corrected chi connectivity index (χ4v) is 2.26. The Kier molecular flexibility index (Phi) is 2.64. The van der Waals surface area contributed by atoms with Crippen LogP contribution in [0.25, 0.3) is 11.2 Å². The molecule has 0 radical (unpaired) electrons. The molecule has 2 aromatic heterocycles. The molecule has 1 saturated heterocycles. The number of nitrogens with zero attached hydrogens (tertiary/aromatic N) is 4. The van der Waals surface area contributed by atoms with Gasteiger partial charge in [-0.1, -0.05) is 0 Å². The number of nitrogen functional groups attached to an aromatic ring is 1. The number of anilines is 1. The maximum atomic E-state index is 10.1. The normalized spacial score (nSPS) is 31.1. The van der Waals surface area contributed by atoms with Gasteiger partial charge in [-0.15, -0.1) is 0 Å². The Morgan fingerprint density at radius 3 is 2.84 bits per heavy atom. The highest BCUT2D eigenvalue weighted by atomic mass is 16.6. The Morgan fingerprint density at radius 1 is 1.42 bits per heavy atom. The van der Waals surface area contributed by atoms with Crippen LogP contribution in [0.5, 0.6) is 0 Å². The first-order valence-corrected chi connectivity index (χ1v) is 5.65. The molecule has 1 fully saturated rings. The lowest BCUT2D eigenvalue weighted by Gasteiger charge is -2.31. The van der Waals surface area contributed by atoms with Gasteiger partial charge in [0.1, 0.15) is 24.1 Å². The van der Waals surface area contributed by atoms with E-state index in [0.29, 0.717) is 11.2 Å². The van der Waals surface area contributed by atoms with Gasteiger partial charge < -0.3 is 25.8 Å². The van der Waals surface area contributed by atoms with Crippen molar-refractivity contribution in [2.45, 2.75) is 17.9 Å². The van der Waals surface area contributed by atoms with Gasteiger partial charge in [0.15, 0.2) is 17.2 Å². The summed E-state index contributed by atoms with van der Waals surface area (Å²) in [5, 5.41) is 29.2. The molecule has 0 aliphatic carbocycles. The molecule has 1 aliphatic heterocycles. The second kappa shape index (κ2) is 4.10. The van der Waals surface area contributed by atoms with E-state index in [-0.39, 0.29) is 12.4 Å². The summed E-state index contributed by atoms with van der Waals surface area (Å²) >= 11 is 0. The number of rotatable bonds is 2. The highest BCUT2D eigenvalue weighted by Gasteiger charge is 2.51. The first-order chi connectivity index (χ1) is 9.10. The lowest BCUT2D eigenvalue weighted by Crippen LogP contribution is -2.48. The lowest BCUT2D eigenvalue weighted by atomic mass is 10.1. The third-order valence-electron chi connectivity index (χ3n) is 3.33. The van der Waals surface area contributed by atoms with E-state index in [1.807, 2.05) is 0 Å². The Morgan fingerprint density at radius 2 is 2.21 bits per heavy atom. The molecule has 3 rings (SSSR count). The van der Waals surface area contributed by atoms with Crippen molar-refractivity contribution in [3.8, 4) is 0 Å². The molecule has 9 heteroatoms. The third kappa shape index (κ3) is 1.53. The van der Waals surface area contributed by atoms with Gasteiger partial charge in [0.2, 0.25) is 0 Å². The van der Waals surface area contributed by atoms with Gasteiger partial charge in [-0.25, -0.2) is 15.0 Å². The van der Waals surface area contributed by atoms with Gasteiger partial charge in [-0.3, -0.25) is 4.57 Å². The van der Waals surface area contributed by atoms with Crippen molar-refractivity contribution in [2.75, 3.05) is 18.9 Å². The molecule has 0 spiro atoms. The lowest BCUT2D eigenvalue weighted by molar-refractivity contribution is -0.149. The van der Waals surface area contributed by atoms with Crippen LogP contribution in [0.4, 0.5) is 5.82 Å². The SMILES string of the molecule is Nc1ncnc2c1ncn2[C@@]1(CO)OC[C@H](O)[C@H]1O. The van der Waals surface area contributed by atoms with Crippen LogP contribution < -0.4 is 5.73 Å². The molecule has 0 saturated carbocycles. The van der Waals surface area contributed by atoms with E-state index in [1.54, 1.807) is 0 Å². The van der Waals surface area contributed by atoms with Crippen molar-refractivity contribution < 1.29 is 20.1 Å². The van der Waals surface area contributed by atoms with Crippen molar-refractivity contribution in [2.24, 2.45) is 0 Å². The summed E-state index contributed by atoms with van der Waals surface area (Å²) in [7, 11) is 0. The van der Waals surface area contributed by atoms with Crippen LogP contribution in [-0.4, -0.2) is 60.3 Å². The van der Waals surface area contributed by atoms with Gasteiger partial charge in [-0.2, -0.15) is 0 Å². The number of nitrogens with two attached hydrogens (primary N) is 1. The van der Waals surface area contributed by atoms with Crippen LogP contribution in [0.3, 0.4) is 0 Å². The van der Waals surface area contributed by atoms with E-state index < -0.39 is 24.5 Å². The summed E-state index contributed by atoms with van der Waals surface area (Å²) < 4.78 is 6.74. The van der Waals surface area contributed by atoms with Crippen LogP contribution in [0.1, 0.15) is 0 Å². The van der Waals surface area contributed by atoms with Crippen LogP contribution in [0.2, 0.25) is 0 Å². The maximum Gasteiger partial charge on any atom is 0.199 e. The zero-order valence-electron chi connectivity index (χ0n) is 9.84. The fraction of sp³-hybridized carbons (Fsp3) is 0.500. The summed E-state index contributed by atoms with van der Waals surface area (Å²) in [6, 6.07) is 0. The van der Waals surface area contributed by atoms with Crippen molar-refractivity contribution >= 4 is 17.0 Å². The van der Waals surface area contributed by atoms with E-state index in [0.717, 1.165) is 0 Å². The largest absolute Gasteiger partial charge is 0.391 e. The molecular weight excluding hydrogens is 254 g/mol. The summed E-state index contributed by atoms with van der Waals surface area (Å²) in [4.78, 5) is 11.9. The molecular formula is C10H13N5O4. The molecule has 5 N–H and O–H groups in total. The number of aliphatic hydroxyl groups is 3. The summed E-state index contributed by atoms with van der Waals surface area (Å²) in [6.07, 6.45) is 0.196. The summed E-state index contributed by atoms with van der Waals surface area (Å²) in [6.45, 7) is -0.636. The predicted octanol–water partition coefficient (Wildman–Crippen LogP) is -2.19. The van der Waals surface area contributed by atoms with E-state index in [2.05, 4.69) is 15.0 Å². The molecule has 3 heterocycles.